The molecule has 3 N–H and O–H groups in total. The number of pyridine rings is 1. The van der Waals surface area contributed by atoms with Gasteiger partial charge in [0.25, 0.3) is 15.9 Å². The lowest BCUT2D eigenvalue weighted by molar-refractivity contribution is 0.0981. The lowest BCUT2D eigenvalue weighted by atomic mass is 10.3. The van der Waals surface area contributed by atoms with Crippen molar-refractivity contribution in [2.75, 3.05) is 5.73 Å². The number of sulfonamides is 1. The zero-order chi connectivity index (χ0) is 13.9. The van der Waals surface area contributed by atoms with Gasteiger partial charge in [-0.25, -0.2) is 13.1 Å². The Kier molecular flexibility index (Phi) is 3.48. The number of rotatable bonds is 3. The van der Waals surface area contributed by atoms with Gasteiger partial charge in [-0.05, 0) is 36.4 Å². The molecule has 0 atom stereocenters. The van der Waals surface area contributed by atoms with Crippen LogP contribution in [-0.2, 0) is 10.0 Å². The molecule has 1 amide bonds. The zero-order valence-corrected chi connectivity index (χ0v) is 10.6. The molecule has 0 saturated heterocycles. The van der Waals surface area contributed by atoms with Crippen LogP contribution in [0.25, 0.3) is 0 Å². The summed E-state index contributed by atoms with van der Waals surface area (Å²) in [6.07, 6.45) is 2.78. The van der Waals surface area contributed by atoms with E-state index in [0.717, 1.165) is 0 Å². The molecule has 0 unspecified atom stereocenters. The zero-order valence-electron chi connectivity index (χ0n) is 9.78. The second kappa shape index (κ2) is 5.07. The number of anilines is 1. The molecule has 0 radical (unpaired) electrons. The van der Waals surface area contributed by atoms with Gasteiger partial charge in [0, 0.05) is 18.1 Å². The quantitative estimate of drug-likeness (QED) is 0.807. The minimum absolute atomic E-state index is 0.0288. The number of nitrogens with two attached hydrogens (primary N) is 1. The average Bonchev–Trinajstić information content (AvgIpc) is 2.40. The molecule has 6 nitrogen and oxygen atoms in total. The molecule has 0 fully saturated rings. The van der Waals surface area contributed by atoms with E-state index in [4.69, 9.17) is 5.73 Å². The summed E-state index contributed by atoms with van der Waals surface area (Å²) in [7, 11) is -3.91. The Bertz CT molecular complexity index is 682. The van der Waals surface area contributed by atoms with E-state index in [9.17, 15) is 13.2 Å². The minimum Gasteiger partial charge on any atom is -0.399 e. The first-order valence-electron chi connectivity index (χ1n) is 5.32. The van der Waals surface area contributed by atoms with E-state index in [0.29, 0.717) is 5.69 Å². The lowest BCUT2D eigenvalue weighted by Crippen LogP contribution is -2.30. The van der Waals surface area contributed by atoms with Gasteiger partial charge < -0.3 is 5.73 Å². The monoisotopic (exact) mass is 277 g/mol. The molecular formula is C12H11N3O3S. The van der Waals surface area contributed by atoms with Crippen LogP contribution in [0.2, 0.25) is 0 Å². The van der Waals surface area contributed by atoms with Crippen molar-refractivity contribution in [3.05, 3.63) is 54.4 Å². The fourth-order valence-electron chi connectivity index (χ4n) is 1.38. The van der Waals surface area contributed by atoms with Crippen molar-refractivity contribution in [1.29, 1.82) is 0 Å². The first-order chi connectivity index (χ1) is 8.99. The van der Waals surface area contributed by atoms with Crippen molar-refractivity contribution in [1.82, 2.24) is 9.71 Å². The molecule has 98 valence electrons. The molecule has 19 heavy (non-hydrogen) atoms. The van der Waals surface area contributed by atoms with Gasteiger partial charge in [0.1, 0.15) is 0 Å². The summed E-state index contributed by atoms with van der Waals surface area (Å²) in [6.45, 7) is 0. The number of aromatic nitrogens is 1. The predicted octanol–water partition coefficient (Wildman–Crippen LogP) is 0.782. The van der Waals surface area contributed by atoms with Crippen LogP contribution < -0.4 is 10.5 Å². The molecule has 7 heteroatoms. The molecule has 0 bridgehead atoms. The molecule has 1 heterocycles. The number of hydrogen-bond donors (Lipinski definition) is 2. The van der Waals surface area contributed by atoms with E-state index in [2.05, 4.69) is 4.98 Å². The molecular weight excluding hydrogens is 266 g/mol. The third kappa shape index (κ3) is 3.08. The molecule has 0 aliphatic heterocycles. The molecule has 0 aliphatic rings. The number of hydrogen-bond acceptors (Lipinski definition) is 5. The molecule has 2 aromatic rings. The van der Waals surface area contributed by atoms with Crippen LogP contribution in [0.4, 0.5) is 5.69 Å². The molecule has 1 aromatic heterocycles. The Morgan fingerprint density at radius 1 is 1.16 bits per heavy atom. The van der Waals surface area contributed by atoms with Crippen molar-refractivity contribution in [3.63, 3.8) is 0 Å². The van der Waals surface area contributed by atoms with E-state index < -0.39 is 15.9 Å². The molecule has 2 rings (SSSR count). The van der Waals surface area contributed by atoms with Gasteiger partial charge in [-0.3, -0.25) is 9.78 Å². The van der Waals surface area contributed by atoms with Gasteiger partial charge in [0.15, 0.2) is 0 Å². The average molecular weight is 277 g/mol. The number of nitrogen functional groups attached to an aromatic ring is 1. The second-order valence-corrected chi connectivity index (χ2v) is 5.43. The normalized spacial score (nSPS) is 10.9. The Morgan fingerprint density at radius 3 is 2.42 bits per heavy atom. The van der Waals surface area contributed by atoms with Crippen LogP contribution in [0.1, 0.15) is 10.4 Å². The standard InChI is InChI=1S/C12H11N3O3S/c13-10-3-5-11(6-4-10)19(17,18)15-12(16)9-2-1-7-14-8-9/h1-8H,13H2,(H,15,16). The summed E-state index contributed by atoms with van der Waals surface area (Å²) in [5, 5.41) is 0. The van der Waals surface area contributed by atoms with Crippen LogP contribution >= 0.6 is 0 Å². The fraction of sp³-hybridized carbons (Fsp3) is 0. The van der Waals surface area contributed by atoms with Gasteiger partial charge in [-0.1, -0.05) is 0 Å². The third-order valence-corrected chi connectivity index (χ3v) is 3.69. The maximum Gasteiger partial charge on any atom is 0.266 e. The predicted molar refractivity (Wildman–Crippen MR) is 69.7 cm³/mol. The number of carbonyl (C=O) groups excluding carboxylic acids is 1. The Hall–Kier alpha value is -2.41. The smallest absolute Gasteiger partial charge is 0.266 e. The van der Waals surface area contributed by atoms with E-state index in [1.165, 1.54) is 42.7 Å². The van der Waals surface area contributed by atoms with Gasteiger partial charge in [-0.15, -0.1) is 0 Å². The van der Waals surface area contributed by atoms with Crippen LogP contribution in [0.5, 0.6) is 0 Å². The largest absolute Gasteiger partial charge is 0.399 e. The summed E-state index contributed by atoms with van der Waals surface area (Å²) in [4.78, 5) is 15.5. The topological polar surface area (TPSA) is 102 Å². The Morgan fingerprint density at radius 2 is 1.84 bits per heavy atom. The first kappa shape index (κ1) is 13.0. The van der Waals surface area contributed by atoms with Gasteiger partial charge >= 0.3 is 0 Å². The summed E-state index contributed by atoms with van der Waals surface area (Å²) in [6, 6.07) is 8.57. The molecule has 1 aromatic carbocycles. The van der Waals surface area contributed by atoms with Gasteiger partial charge in [0.2, 0.25) is 0 Å². The van der Waals surface area contributed by atoms with Crippen molar-refractivity contribution in [2.24, 2.45) is 0 Å². The minimum atomic E-state index is -3.91. The lowest BCUT2D eigenvalue weighted by Gasteiger charge is -2.06. The summed E-state index contributed by atoms with van der Waals surface area (Å²) < 4.78 is 25.8. The van der Waals surface area contributed by atoms with Crippen molar-refractivity contribution >= 4 is 21.6 Å². The van der Waals surface area contributed by atoms with Gasteiger partial charge in [-0.2, -0.15) is 0 Å². The summed E-state index contributed by atoms with van der Waals surface area (Å²) in [5.74, 6) is -0.732. The number of amides is 1. The first-order valence-corrected chi connectivity index (χ1v) is 6.80. The maximum absolute atomic E-state index is 11.9. The van der Waals surface area contributed by atoms with E-state index in [1.54, 1.807) is 6.07 Å². The maximum atomic E-state index is 11.9. The summed E-state index contributed by atoms with van der Waals surface area (Å²) in [5.41, 5.74) is 6.08. The second-order valence-electron chi connectivity index (χ2n) is 3.75. The number of nitrogens with zero attached hydrogens (tertiary/aromatic N) is 1. The highest BCUT2D eigenvalue weighted by Crippen LogP contribution is 2.11. The van der Waals surface area contributed by atoms with Crippen LogP contribution in [0, 0.1) is 0 Å². The Labute approximate surface area is 110 Å². The highest BCUT2D eigenvalue weighted by atomic mass is 32.2. The fourth-order valence-corrected chi connectivity index (χ4v) is 2.36. The molecule has 0 saturated carbocycles. The number of benzene rings is 1. The SMILES string of the molecule is Nc1ccc(S(=O)(=O)NC(=O)c2cccnc2)cc1. The van der Waals surface area contributed by atoms with E-state index in [1.807, 2.05) is 4.72 Å². The van der Waals surface area contributed by atoms with E-state index in [-0.39, 0.29) is 10.5 Å². The van der Waals surface area contributed by atoms with Gasteiger partial charge in [0.05, 0.1) is 10.5 Å². The van der Waals surface area contributed by atoms with Crippen LogP contribution in [-0.4, -0.2) is 19.3 Å². The van der Waals surface area contributed by atoms with Crippen LogP contribution in [0.3, 0.4) is 0 Å². The third-order valence-electron chi connectivity index (χ3n) is 2.34. The summed E-state index contributed by atoms with van der Waals surface area (Å²) >= 11 is 0. The Balaban J connectivity index is 2.23. The molecule has 0 spiro atoms. The van der Waals surface area contributed by atoms with E-state index >= 15 is 0 Å². The number of carbonyl (C=O) groups is 1. The highest BCUT2D eigenvalue weighted by Gasteiger charge is 2.18. The van der Waals surface area contributed by atoms with Crippen molar-refractivity contribution in [3.8, 4) is 0 Å². The van der Waals surface area contributed by atoms with Crippen LogP contribution in [0.15, 0.2) is 53.7 Å². The molecule has 0 aliphatic carbocycles. The number of nitrogens with one attached hydrogen (secondary N) is 1. The van der Waals surface area contributed by atoms with Crippen molar-refractivity contribution < 1.29 is 13.2 Å². The highest BCUT2D eigenvalue weighted by molar-refractivity contribution is 7.90. The van der Waals surface area contributed by atoms with Crippen molar-refractivity contribution in [2.45, 2.75) is 4.90 Å².